The highest BCUT2D eigenvalue weighted by Gasteiger charge is 2.29. The predicted octanol–water partition coefficient (Wildman–Crippen LogP) is 2.61. The lowest BCUT2D eigenvalue weighted by molar-refractivity contribution is -0.384. The normalized spacial score (nSPS) is 15.7. The quantitative estimate of drug-likeness (QED) is 0.643. The van der Waals surface area contributed by atoms with Crippen LogP contribution in [0.1, 0.15) is 24.4 Å². The number of hydrogen-bond donors (Lipinski definition) is 0. The van der Waals surface area contributed by atoms with Gasteiger partial charge in [0.2, 0.25) is 5.91 Å². The van der Waals surface area contributed by atoms with E-state index in [1.165, 1.54) is 12.3 Å². The Bertz CT molecular complexity index is 675. The Labute approximate surface area is 128 Å². The van der Waals surface area contributed by atoms with Crippen LogP contribution in [-0.4, -0.2) is 33.4 Å². The van der Waals surface area contributed by atoms with Gasteiger partial charge in [-0.05, 0) is 18.4 Å². The van der Waals surface area contributed by atoms with E-state index in [4.69, 9.17) is 0 Å². The van der Waals surface area contributed by atoms with Crippen LogP contribution in [0.5, 0.6) is 0 Å². The van der Waals surface area contributed by atoms with Gasteiger partial charge in [0.15, 0.2) is 0 Å². The minimum absolute atomic E-state index is 0.00449. The number of carbonyl (C=O) groups is 1. The van der Waals surface area contributed by atoms with Crippen molar-refractivity contribution in [1.29, 1.82) is 0 Å². The molecule has 6 heteroatoms. The molecule has 1 aromatic heterocycles. The molecule has 3 rings (SSSR count). The van der Waals surface area contributed by atoms with Gasteiger partial charge in [0.1, 0.15) is 6.04 Å². The topological polar surface area (TPSA) is 68.4 Å². The first-order valence-electron chi connectivity index (χ1n) is 7.32. The van der Waals surface area contributed by atoms with E-state index in [9.17, 15) is 14.9 Å². The molecule has 22 heavy (non-hydrogen) atoms. The number of rotatable bonds is 4. The summed E-state index contributed by atoms with van der Waals surface area (Å²) in [6.07, 6.45) is 5.05. The lowest BCUT2D eigenvalue weighted by atomic mass is 10.1. The summed E-state index contributed by atoms with van der Waals surface area (Å²) in [6, 6.07) is 10.3. The van der Waals surface area contributed by atoms with Crippen molar-refractivity contribution < 1.29 is 9.72 Å². The second-order valence-electron chi connectivity index (χ2n) is 5.42. The van der Waals surface area contributed by atoms with Gasteiger partial charge in [-0.15, -0.1) is 0 Å². The largest absolute Gasteiger partial charge is 0.341 e. The monoisotopic (exact) mass is 299 g/mol. The third-order valence-corrected chi connectivity index (χ3v) is 3.97. The first-order chi connectivity index (χ1) is 10.7. The van der Waals surface area contributed by atoms with Crippen LogP contribution in [-0.2, 0) is 4.79 Å². The van der Waals surface area contributed by atoms with Crippen molar-refractivity contribution >= 4 is 11.6 Å². The zero-order valence-electron chi connectivity index (χ0n) is 12.1. The fourth-order valence-electron chi connectivity index (χ4n) is 2.86. The van der Waals surface area contributed by atoms with Crippen LogP contribution in [0.3, 0.4) is 0 Å². The highest BCUT2D eigenvalue weighted by molar-refractivity contribution is 5.84. The zero-order chi connectivity index (χ0) is 15.5. The van der Waals surface area contributed by atoms with Gasteiger partial charge in [0, 0.05) is 25.4 Å². The second kappa shape index (κ2) is 6.01. The molecule has 2 aromatic rings. The highest BCUT2D eigenvalue weighted by atomic mass is 16.6. The Hall–Kier alpha value is -2.63. The van der Waals surface area contributed by atoms with Gasteiger partial charge in [0.05, 0.1) is 11.1 Å². The molecule has 0 spiro atoms. The van der Waals surface area contributed by atoms with E-state index in [2.05, 4.69) is 0 Å². The molecule has 0 radical (unpaired) electrons. The molecular weight excluding hydrogens is 282 g/mol. The third-order valence-electron chi connectivity index (χ3n) is 3.97. The van der Waals surface area contributed by atoms with E-state index in [0.717, 1.165) is 31.5 Å². The van der Waals surface area contributed by atoms with E-state index in [-0.39, 0.29) is 11.6 Å². The molecule has 1 aromatic carbocycles. The molecule has 2 heterocycles. The van der Waals surface area contributed by atoms with Crippen molar-refractivity contribution in [3.63, 3.8) is 0 Å². The SMILES string of the molecule is O=C(C(c1ccccc1)n1ccc([N+](=O)[O-])c1)N1CCCC1. The first kappa shape index (κ1) is 14.3. The number of aromatic nitrogens is 1. The number of hydrogen-bond acceptors (Lipinski definition) is 3. The fraction of sp³-hybridized carbons (Fsp3) is 0.312. The van der Waals surface area contributed by atoms with Crippen molar-refractivity contribution in [2.24, 2.45) is 0 Å². The standard InChI is InChI=1S/C16H17N3O3/c20-16(17-9-4-5-10-17)15(13-6-2-1-3-7-13)18-11-8-14(12-18)19(21)22/h1-3,6-8,11-12,15H,4-5,9-10H2. The molecular formula is C16H17N3O3. The Morgan fingerprint density at radius 2 is 1.82 bits per heavy atom. The highest BCUT2D eigenvalue weighted by Crippen LogP contribution is 2.25. The summed E-state index contributed by atoms with van der Waals surface area (Å²) in [4.78, 5) is 25.1. The minimum Gasteiger partial charge on any atom is -0.341 e. The van der Waals surface area contributed by atoms with Crippen LogP contribution in [0.15, 0.2) is 48.8 Å². The summed E-state index contributed by atoms with van der Waals surface area (Å²) in [5, 5.41) is 10.9. The average Bonchev–Trinajstić information content (AvgIpc) is 3.20. The first-order valence-corrected chi connectivity index (χ1v) is 7.32. The van der Waals surface area contributed by atoms with Crippen molar-refractivity contribution in [2.75, 3.05) is 13.1 Å². The minimum atomic E-state index is -0.548. The van der Waals surface area contributed by atoms with Gasteiger partial charge < -0.3 is 9.47 Å². The lowest BCUT2D eigenvalue weighted by Gasteiger charge is -2.24. The molecule has 1 aliphatic heterocycles. The summed E-state index contributed by atoms with van der Waals surface area (Å²) in [5.74, 6) is -0.00537. The van der Waals surface area contributed by atoms with Crippen LogP contribution >= 0.6 is 0 Å². The van der Waals surface area contributed by atoms with Crippen LogP contribution in [0.25, 0.3) is 0 Å². The Kier molecular flexibility index (Phi) is 3.91. The maximum atomic E-state index is 12.9. The van der Waals surface area contributed by atoms with Crippen LogP contribution in [0.4, 0.5) is 5.69 Å². The van der Waals surface area contributed by atoms with Gasteiger partial charge in [-0.25, -0.2) is 0 Å². The van der Waals surface area contributed by atoms with Gasteiger partial charge in [-0.2, -0.15) is 0 Å². The zero-order valence-corrected chi connectivity index (χ0v) is 12.1. The summed E-state index contributed by atoms with van der Waals surface area (Å²) in [7, 11) is 0. The predicted molar refractivity (Wildman–Crippen MR) is 81.5 cm³/mol. The Balaban J connectivity index is 1.98. The number of likely N-dealkylation sites (tertiary alicyclic amines) is 1. The summed E-state index contributed by atoms with van der Waals surface area (Å²) < 4.78 is 1.63. The van der Waals surface area contributed by atoms with Crippen molar-refractivity contribution in [3.8, 4) is 0 Å². The van der Waals surface area contributed by atoms with E-state index < -0.39 is 11.0 Å². The molecule has 0 aliphatic carbocycles. The molecule has 1 amide bonds. The smallest absolute Gasteiger partial charge is 0.286 e. The number of nitro groups is 1. The molecule has 1 fully saturated rings. The maximum absolute atomic E-state index is 12.9. The average molecular weight is 299 g/mol. The van der Waals surface area contributed by atoms with Gasteiger partial charge in [0.25, 0.3) is 5.69 Å². The molecule has 1 aliphatic rings. The Morgan fingerprint density at radius 1 is 1.14 bits per heavy atom. The summed E-state index contributed by atoms with van der Waals surface area (Å²) >= 11 is 0. The molecule has 1 unspecified atom stereocenters. The van der Waals surface area contributed by atoms with E-state index >= 15 is 0 Å². The molecule has 114 valence electrons. The van der Waals surface area contributed by atoms with Crippen molar-refractivity contribution in [3.05, 3.63) is 64.5 Å². The molecule has 0 saturated carbocycles. The van der Waals surface area contributed by atoms with Crippen LogP contribution in [0.2, 0.25) is 0 Å². The Morgan fingerprint density at radius 3 is 2.41 bits per heavy atom. The summed E-state index contributed by atoms with van der Waals surface area (Å²) in [6.45, 7) is 1.51. The van der Waals surface area contributed by atoms with E-state index in [1.807, 2.05) is 35.2 Å². The fourth-order valence-corrected chi connectivity index (χ4v) is 2.86. The molecule has 6 nitrogen and oxygen atoms in total. The molecule has 1 saturated heterocycles. The van der Waals surface area contributed by atoms with E-state index in [1.54, 1.807) is 10.8 Å². The van der Waals surface area contributed by atoms with Gasteiger partial charge in [-0.1, -0.05) is 30.3 Å². The number of carbonyl (C=O) groups excluding carboxylic acids is 1. The third kappa shape index (κ3) is 2.72. The molecule has 0 N–H and O–H groups in total. The van der Waals surface area contributed by atoms with Crippen LogP contribution < -0.4 is 0 Å². The van der Waals surface area contributed by atoms with Gasteiger partial charge >= 0.3 is 0 Å². The maximum Gasteiger partial charge on any atom is 0.286 e. The van der Waals surface area contributed by atoms with Crippen molar-refractivity contribution in [1.82, 2.24) is 9.47 Å². The van der Waals surface area contributed by atoms with Crippen molar-refractivity contribution in [2.45, 2.75) is 18.9 Å². The number of nitrogens with zero attached hydrogens (tertiary/aromatic N) is 3. The van der Waals surface area contributed by atoms with Crippen LogP contribution in [0, 0.1) is 10.1 Å². The number of benzene rings is 1. The second-order valence-corrected chi connectivity index (χ2v) is 5.42. The molecule has 0 bridgehead atoms. The molecule has 1 atom stereocenters. The lowest BCUT2D eigenvalue weighted by Crippen LogP contribution is -2.35. The summed E-state index contributed by atoms with van der Waals surface area (Å²) in [5.41, 5.74) is 0.833. The number of amides is 1. The van der Waals surface area contributed by atoms with E-state index in [0.29, 0.717) is 0 Å². The van der Waals surface area contributed by atoms with Gasteiger partial charge in [-0.3, -0.25) is 14.9 Å².